The summed E-state index contributed by atoms with van der Waals surface area (Å²) in [5.74, 6) is 0.712. The Morgan fingerprint density at radius 1 is 0.868 bits per heavy atom. The summed E-state index contributed by atoms with van der Waals surface area (Å²) in [7, 11) is 3.26. The molecule has 0 aliphatic carbocycles. The van der Waals surface area contributed by atoms with Gasteiger partial charge < -0.3 is 14.9 Å². The monoisotopic (exact) mass is 502 g/mol. The van der Waals surface area contributed by atoms with Gasteiger partial charge in [0, 0.05) is 14.1 Å². The van der Waals surface area contributed by atoms with Crippen LogP contribution in [-0.2, 0) is 14.1 Å². The lowest BCUT2D eigenvalue weighted by molar-refractivity contribution is 0.705. The molecule has 0 radical (unpaired) electrons. The molecule has 8 nitrogen and oxygen atoms in total. The number of anilines is 1. The molecule has 6 aromatic rings. The van der Waals surface area contributed by atoms with Crippen molar-refractivity contribution in [1.29, 1.82) is 0 Å². The molecule has 0 saturated heterocycles. The van der Waals surface area contributed by atoms with Gasteiger partial charge in [-0.1, -0.05) is 42.5 Å². The largest absolute Gasteiger partial charge is 0.369 e. The molecule has 0 unspecified atom stereocenters. The summed E-state index contributed by atoms with van der Waals surface area (Å²) in [6.45, 7) is 4.17. The summed E-state index contributed by atoms with van der Waals surface area (Å²) in [6, 6.07) is 21.6. The molecule has 0 fully saturated rings. The summed E-state index contributed by atoms with van der Waals surface area (Å²) in [5, 5.41) is 4.20. The Morgan fingerprint density at radius 2 is 1.58 bits per heavy atom. The highest BCUT2D eigenvalue weighted by Gasteiger charge is 2.36. The Hall–Kier alpha value is -4.85. The van der Waals surface area contributed by atoms with Crippen molar-refractivity contribution in [2.24, 2.45) is 14.1 Å². The van der Waals surface area contributed by atoms with Gasteiger partial charge in [-0.3, -0.25) is 13.9 Å². The van der Waals surface area contributed by atoms with Gasteiger partial charge in [0.05, 0.1) is 44.7 Å². The number of nitrogens with one attached hydrogen (secondary N) is 2. The number of benzene rings is 3. The highest BCUT2D eigenvalue weighted by atomic mass is 16.2. The minimum Gasteiger partial charge on any atom is -0.369 e. The predicted octanol–water partition coefficient (Wildman–Crippen LogP) is 4.70. The number of nitrogens with zero attached hydrogens (tertiary/aromatic N) is 4. The van der Waals surface area contributed by atoms with Crippen molar-refractivity contribution < 1.29 is 0 Å². The van der Waals surface area contributed by atoms with Crippen LogP contribution in [0.15, 0.2) is 76.3 Å². The Labute approximate surface area is 217 Å². The van der Waals surface area contributed by atoms with Crippen molar-refractivity contribution in [2.75, 3.05) is 5.32 Å². The maximum atomic E-state index is 13.8. The number of fused-ring (bicyclic) bond motifs is 6. The average molecular weight is 503 g/mol. The first kappa shape index (κ1) is 22.4. The average Bonchev–Trinajstić information content (AvgIpc) is 3.52. The van der Waals surface area contributed by atoms with E-state index in [9.17, 15) is 9.59 Å². The van der Waals surface area contributed by atoms with Gasteiger partial charge >= 0.3 is 5.69 Å². The molecule has 8 heteroatoms. The first-order chi connectivity index (χ1) is 18.3. The zero-order chi connectivity index (χ0) is 26.3. The molecule has 0 amide bonds. The third-order valence-electron chi connectivity index (χ3n) is 7.76. The first-order valence-electron chi connectivity index (χ1n) is 12.6. The van der Waals surface area contributed by atoms with Crippen LogP contribution in [0.25, 0.3) is 38.9 Å². The maximum Gasteiger partial charge on any atom is 0.331 e. The van der Waals surface area contributed by atoms with E-state index in [1.807, 2.05) is 54.6 Å². The Morgan fingerprint density at radius 3 is 2.34 bits per heavy atom. The lowest BCUT2D eigenvalue weighted by Gasteiger charge is -2.30. The number of H-pyrrole nitrogens is 1. The number of para-hydroxylation sites is 2. The second kappa shape index (κ2) is 7.82. The molecule has 7 rings (SSSR count). The number of aryl methyl sites for hydroxylation is 3. The van der Waals surface area contributed by atoms with Crippen molar-refractivity contribution >= 4 is 27.6 Å². The molecular formula is C30H26N6O2. The zero-order valence-corrected chi connectivity index (χ0v) is 21.5. The van der Waals surface area contributed by atoms with Gasteiger partial charge in [0.2, 0.25) is 0 Å². The van der Waals surface area contributed by atoms with E-state index in [4.69, 9.17) is 4.98 Å². The molecule has 0 bridgehead atoms. The smallest absolute Gasteiger partial charge is 0.331 e. The van der Waals surface area contributed by atoms with E-state index < -0.39 is 6.04 Å². The van der Waals surface area contributed by atoms with Gasteiger partial charge in [0.1, 0.15) is 11.9 Å². The Bertz CT molecular complexity index is 2010. The van der Waals surface area contributed by atoms with Gasteiger partial charge in [-0.2, -0.15) is 0 Å². The van der Waals surface area contributed by atoms with Crippen LogP contribution in [0.1, 0.15) is 28.7 Å². The van der Waals surface area contributed by atoms with Crippen LogP contribution in [-0.4, -0.2) is 23.7 Å². The molecule has 1 atom stereocenters. The molecule has 188 valence electrons. The van der Waals surface area contributed by atoms with Crippen LogP contribution in [0.4, 0.5) is 5.69 Å². The van der Waals surface area contributed by atoms with E-state index in [1.54, 1.807) is 11.6 Å². The lowest BCUT2D eigenvalue weighted by Crippen LogP contribution is -2.37. The summed E-state index contributed by atoms with van der Waals surface area (Å²) < 4.78 is 4.92. The number of hydrogen-bond acceptors (Lipinski definition) is 4. The van der Waals surface area contributed by atoms with E-state index in [2.05, 4.69) is 40.8 Å². The van der Waals surface area contributed by atoms with E-state index in [1.165, 1.54) is 11.6 Å². The van der Waals surface area contributed by atoms with Crippen molar-refractivity contribution in [3.63, 3.8) is 0 Å². The highest BCUT2D eigenvalue weighted by Crippen LogP contribution is 2.45. The molecule has 3 aromatic carbocycles. The molecule has 1 aliphatic rings. The fourth-order valence-corrected chi connectivity index (χ4v) is 5.71. The third kappa shape index (κ3) is 2.94. The molecule has 0 spiro atoms. The Kier molecular flexibility index (Phi) is 4.60. The van der Waals surface area contributed by atoms with Gasteiger partial charge in [-0.25, -0.2) is 9.78 Å². The number of imidazole rings is 1. The number of aromatic nitrogens is 5. The summed E-state index contributed by atoms with van der Waals surface area (Å²) in [4.78, 5) is 35.5. The maximum absolute atomic E-state index is 13.8. The van der Waals surface area contributed by atoms with Gasteiger partial charge in [0.25, 0.3) is 5.56 Å². The van der Waals surface area contributed by atoms with Crippen LogP contribution in [0.3, 0.4) is 0 Å². The first-order valence-corrected chi connectivity index (χ1v) is 12.6. The fraction of sp³-hybridized carbons (Fsp3) is 0.167. The predicted molar refractivity (Wildman–Crippen MR) is 150 cm³/mol. The van der Waals surface area contributed by atoms with Gasteiger partial charge in [0.15, 0.2) is 0 Å². The van der Waals surface area contributed by atoms with Crippen LogP contribution in [0, 0.1) is 13.8 Å². The molecule has 4 heterocycles. The normalized spacial score (nSPS) is 14.5. The van der Waals surface area contributed by atoms with Gasteiger partial charge in [-0.15, -0.1) is 0 Å². The number of hydrogen-bond donors (Lipinski definition) is 2. The topological polar surface area (TPSA) is 89.6 Å². The third-order valence-corrected chi connectivity index (χ3v) is 7.76. The van der Waals surface area contributed by atoms with E-state index in [0.29, 0.717) is 16.7 Å². The van der Waals surface area contributed by atoms with Crippen molar-refractivity contribution in [1.82, 2.24) is 23.7 Å². The fourth-order valence-electron chi connectivity index (χ4n) is 5.71. The molecular weight excluding hydrogens is 476 g/mol. The SMILES string of the molecule is Cc1cc2c(cc1C)-n1c(-c3ccccc3)c3c(=O)n(C)c(=O)n(C)c3c1[C@@H](c1nc3ccccc3[nH]1)N2. The van der Waals surface area contributed by atoms with Crippen LogP contribution in [0.5, 0.6) is 0 Å². The Balaban J connectivity index is 1.71. The van der Waals surface area contributed by atoms with E-state index in [-0.39, 0.29) is 11.2 Å². The minimum atomic E-state index is -0.435. The molecule has 1 aliphatic heterocycles. The van der Waals surface area contributed by atoms with Crippen LogP contribution in [0.2, 0.25) is 0 Å². The zero-order valence-electron chi connectivity index (χ0n) is 21.5. The number of aromatic amines is 1. The van der Waals surface area contributed by atoms with Crippen LogP contribution < -0.4 is 16.6 Å². The molecule has 0 saturated carbocycles. The highest BCUT2D eigenvalue weighted by molar-refractivity contribution is 5.99. The second-order valence-corrected chi connectivity index (χ2v) is 10.0. The summed E-state index contributed by atoms with van der Waals surface area (Å²) in [5.41, 5.74) is 8.29. The lowest BCUT2D eigenvalue weighted by atomic mass is 10.0. The molecule has 38 heavy (non-hydrogen) atoms. The molecule has 3 aromatic heterocycles. The van der Waals surface area contributed by atoms with Crippen molar-refractivity contribution in [3.05, 3.63) is 110 Å². The molecule has 2 N–H and O–H groups in total. The summed E-state index contributed by atoms with van der Waals surface area (Å²) >= 11 is 0. The standard InChI is InChI=1S/C30H26N6O2/c1-16-14-21-22(15-17(16)2)36-25(18-10-6-5-7-11-18)23-26(34(3)30(38)35(4)29(23)37)27(36)24(31-21)28-32-19-12-8-9-13-20(19)33-28/h5-15,24,31H,1-4H3,(H,32,33)/t24-/m0/s1. The minimum absolute atomic E-state index is 0.322. The number of rotatable bonds is 2. The van der Waals surface area contributed by atoms with E-state index >= 15 is 0 Å². The van der Waals surface area contributed by atoms with Crippen molar-refractivity contribution in [2.45, 2.75) is 19.9 Å². The van der Waals surface area contributed by atoms with Crippen molar-refractivity contribution in [3.8, 4) is 16.9 Å². The van der Waals surface area contributed by atoms with Crippen LogP contribution >= 0.6 is 0 Å². The summed E-state index contributed by atoms with van der Waals surface area (Å²) in [6.07, 6.45) is 0. The van der Waals surface area contributed by atoms with Gasteiger partial charge in [-0.05, 0) is 54.8 Å². The second-order valence-electron chi connectivity index (χ2n) is 10.0. The quantitative estimate of drug-likeness (QED) is 0.359. The van der Waals surface area contributed by atoms with E-state index in [0.717, 1.165) is 50.5 Å².